The van der Waals surface area contributed by atoms with Gasteiger partial charge >= 0.3 is 18.2 Å². The van der Waals surface area contributed by atoms with E-state index < -0.39 is 29.3 Å². The molecule has 0 radical (unpaired) electrons. The second-order valence-corrected chi connectivity index (χ2v) is 13.7. The number of piperazine rings is 1. The van der Waals surface area contributed by atoms with Gasteiger partial charge < -0.3 is 24.8 Å². The van der Waals surface area contributed by atoms with E-state index in [-0.39, 0.29) is 33.3 Å². The van der Waals surface area contributed by atoms with Crippen LogP contribution in [0.1, 0.15) is 29.4 Å². The molecule has 6 rings (SSSR count). The summed E-state index contributed by atoms with van der Waals surface area (Å²) in [6.07, 6.45) is -0.924. The van der Waals surface area contributed by atoms with Crippen LogP contribution in [0.25, 0.3) is 32.6 Å². The molecule has 3 N–H and O–H groups in total. The zero-order valence-electron chi connectivity index (χ0n) is 27.8. The number of nitrogens with zero attached hydrogens (tertiary/aromatic N) is 6. The number of nitrogens with one attached hydrogen (secondary N) is 2. The van der Waals surface area contributed by atoms with Gasteiger partial charge in [-0.25, -0.2) is 19.6 Å². The zero-order valence-corrected chi connectivity index (χ0v) is 28.6. The fourth-order valence-corrected chi connectivity index (χ4v) is 7.40. The lowest BCUT2D eigenvalue weighted by molar-refractivity contribution is -0.140. The number of fused-ring (bicyclic) bond motifs is 1. The standard InChI is InChI=1S/C34H39F3N8O4S/c1-3-38-33(49)41-29-15-23(31-40-28(20-50-31)34(35,36)37)25(16-39-29)22-4-5-27-24(14-22)30(46)26(32(47)48)19-45(27)18-21-6-7-44(17-21)13-12-43-10-8-42(2)9-11-43/h4-5,14-16,19-21H,3,6-13,17-18H2,1-2H3,(H,47,48)(H2,38,39,41,49)/t21-/m1/s1. The molecule has 1 atom stereocenters. The predicted molar refractivity (Wildman–Crippen MR) is 186 cm³/mol. The number of rotatable bonds is 10. The highest BCUT2D eigenvalue weighted by Crippen LogP contribution is 2.39. The third kappa shape index (κ3) is 7.98. The van der Waals surface area contributed by atoms with Gasteiger partial charge in [-0.3, -0.25) is 15.0 Å². The van der Waals surface area contributed by atoms with Crippen LogP contribution in [-0.4, -0.2) is 112 Å². The number of hydrogen-bond donors (Lipinski definition) is 3. The number of urea groups is 1. The lowest BCUT2D eigenvalue weighted by atomic mass is 9.99. The lowest BCUT2D eigenvalue weighted by Crippen LogP contribution is -2.46. The average Bonchev–Trinajstić information content (AvgIpc) is 3.76. The summed E-state index contributed by atoms with van der Waals surface area (Å²) in [5.74, 6) is -1.01. The molecule has 0 unspecified atom stereocenters. The second-order valence-electron chi connectivity index (χ2n) is 12.8. The first-order valence-corrected chi connectivity index (χ1v) is 17.4. The number of carbonyl (C=O) groups is 2. The number of alkyl halides is 3. The van der Waals surface area contributed by atoms with E-state index in [1.165, 1.54) is 18.5 Å². The van der Waals surface area contributed by atoms with Gasteiger partial charge in [0.05, 0.1) is 5.52 Å². The van der Waals surface area contributed by atoms with Gasteiger partial charge in [-0.1, -0.05) is 6.07 Å². The van der Waals surface area contributed by atoms with Gasteiger partial charge in [0.2, 0.25) is 5.43 Å². The third-order valence-electron chi connectivity index (χ3n) is 9.28. The Morgan fingerprint density at radius 2 is 1.82 bits per heavy atom. The minimum absolute atomic E-state index is 0.0314. The lowest BCUT2D eigenvalue weighted by Gasteiger charge is -2.33. The van der Waals surface area contributed by atoms with Crippen molar-refractivity contribution in [3.8, 4) is 21.7 Å². The van der Waals surface area contributed by atoms with Crippen molar-refractivity contribution < 1.29 is 27.9 Å². The van der Waals surface area contributed by atoms with Crippen LogP contribution in [-0.2, 0) is 12.7 Å². The van der Waals surface area contributed by atoms with Crippen LogP contribution in [0.2, 0.25) is 0 Å². The molecule has 16 heteroatoms. The number of aromatic nitrogens is 3. The molecule has 0 spiro atoms. The van der Waals surface area contributed by atoms with Crippen molar-refractivity contribution in [2.45, 2.75) is 26.1 Å². The summed E-state index contributed by atoms with van der Waals surface area (Å²) in [4.78, 5) is 53.3. The molecule has 2 saturated heterocycles. The van der Waals surface area contributed by atoms with Gasteiger partial charge in [0.1, 0.15) is 16.4 Å². The van der Waals surface area contributed by atoms with Crippen LogP contribution in [0, 0.1) is 5.92 Å². The number of aromatic carboxylic acids is 1. The van der Waals surface area contributed by atoms with Crippen molar-refractivity contribution in [1.82, 2.24) is 34.6 Å². The van der Waals surface area contributed by atoms with Crippen molar-refractivity contribution in [1.29, 1.82) is 0 Å². The molecular formula is C34H39F3N8O4S. The maximum absolute atomic E-state index is 13.5. The second kappa shape index (κ2) is 14.8. The Morgan fingerprint density at radius 3 is 2.52 bits per heavy atom. The van der Waals surface area contributed by atoms with E-state index in [1.807, 2.05) is 4.57 Å². The molecule has 2 amide bonds. The Kier molecular flexibility index (Phi) is 10.5. The smallest absolute Gasteiger partial charge is 0.434 e. The number of carbonyl (C=O) groups excluding carboxylic acids is 1. The van der Waals surface area contributed by atoms with Gasteiger partial charge in [-0.2, -0.15) is 13.2 Å². The topological polar surface area (TPSA) is 136 Å². The van der Waals surface area contributed by atoms with Gasteiger partial charge in [-0.15, -0.1) is 11.3 Å². The van der Waals surface area contributed by atoms with Crippen LogP contribution >= 0.6 is 11.3 Å². The summed E-state index contributed by atoms with van der Waals surface area (Å²) in [5.41, 5.74) is -0.500. The van der Waals surface area contributed by atoms with E-state index in [0.717, 1.165) is 75.5 Å². The minimum atomic E-state index is -4.66. The molecule has 266 valence electrons. The molecular weight excluding hydrogens is 673 g/mol. The zero-order chi connectivity index (χ0) is 35.6. The SMILES string of the molecule is CCNC(=O)Nc1cc(-c2nc(C(F)(F)F)cs2)c(-c2ccc3c(c2)c(=O)c(C(=O)O)cn3C[C@@H]2CCN(CCN3CCN(C)CC3)C2)cn1. The predicted octanol–water partition coefficient (Wildman–Crippen LogP) is 4.61. The highest BCUT2D eigenvalue weighted by molar-refractivity contribution is 7.13. The third-order valence-corrected chi connectivity index (χ3v) is 10.2. The van der Waals surface area contributed by atoms with E-state index >= 15 is 0 Å². The first-order chi connectivity index (χ1) is 23.9. The van der Waals surface area contributed by atoms with E-state index in [1.54, 1.807) is 25.1 Å². The number of amides is 2. The molecule has 2 fully saturated rings. The Morgan fingerprint density at radius 1 is 1.06 bits per heavy atom. The Hall–Kier alpha value is -4.38. The number of hydrogen-bond acceptors (Lipinski definition) is 9. The quantitative estimate of drug-likeness (QED) is 0.215. The molecule has 0 bridgehead atoms. The van der Waals surface area contributed by atoms with E-state index in [9.17, 15) is 32.7 Å². The number of thiazole rings is 1. The number of carboxylic acid groups (broad SMARTS) is 1. The van der Waals surface area contributed by atoms with Crippen LogP contribution < -0.4 is 16.1 Å². The summed E-state index contributed by atoms with van der Waals surface area (Å²) >= 11 is 0.782. The Bertz CT molecular complexity index is 1940. The molecule has 5 heterocycles. The Labute approximate surface area is 290 Å². The summed E-state index contributed by atoms with van der Waals surface area (Å²) in [7, 11) is 2.14. The van der Waals surface area contributed by atoms with E-state index in [0.29, 0.717) is 29.7 Å². The summed E-state index contributed by atoms with van der Waals surface area (Å²) < 4.78 is 42.3. The number of benzene rings is 1. The average molecular weight is 713 g/mol. The van der Waals surface area contributed by atoms with Gasteiger partial charge in [0, 0.05) is 93.2 Å². The molecule has 1 aromatic carbocycles. The van der Waals surface area contributed by atoms with Crippen LogP contribution in [0.5, 0.6) is 0 Å². The molecule has 50 heavy (non-hydrogen) atoms. The van der Waals surface area contributed by atoms with Crippen LogP contribution in [0.15, 0.2) is 46.8 Å². The number of halogens is 3. The molecule has 2 aliphatic rings. The normalized spacial score (nSPS) is 17.7. The van der Waals surface area contributed by atoms with Crippen molar-refractivity contribution in [2.75, 3.05) is 71.3 Å². The highest BCUT2D eigenvalue weighted by atomic mass is 32.1. The largest absolute Gasteiger partial charge is 0.477 e. The summed E-state index contributed by atoms with van der Waals surface area (Å²) in [6, 6.07) is 5.89. The van der Waals surface area contributed by atoms with Crippen molar-refractivity contribution in [3.63, 3.8) is 0 Å². The van der Waals surface area contributed by atoms with Gasteiger partial charge in [0.25, 0.3) is 0 Å². The molecule has 3 aromatic heterocycles. The fraction of sp³-hybridized carbons (Fsp3) is 0.441. The molecule has 0 aliphatic carbocycles. The highest BCUT2D eigenvalue weighted by Gasteiger charge is 2.34. The summed E-state index contributed by atoms with van der Waals surface area (Å²) in [6.45, 7) is 10.6. The van der Waals surface area contributed by atoms with E-state index in [2.05, 4.69) is 42.3 Å². The first-order valence-electron chi connectivity index (χ1n) is 16.5. The minimum Gasteiger partial charge on any atom is -0.477 e. The number of pyridine rings is 2. The van der Waals surface area contributed by atoms with Crippen molar-refractivity contribution >= 4 is 40.1 Å². The number of carboxylic acids is 1. The fourth-order valence-electron chi connectivity index (χ4n) is 6.55. The van der Waals surface area contributed by atoms with Gasteiger partial charge in [-0.05, 0) is 56.6 Å². The first kappa shape index (κ1) is 35.4. The van der Waals surface area contributed by atoms with Crippen LogP contribution in [0.3, 0.4) is 0 Å². The maximum Gasteiger partial charge on any atom is 0.434 e. The molecule has 0 saturated carbocycles. The maximum atomic E-state index is 13.5. The Balaban J connectivity index is 1.31. The number of likely N-dealkylation sites (tertiary alicyclic amines) is 1. The number of likely N-dealkylation sites (N-methyl/N-ethyl adjacent to an activating group) is 1. The van der Waals surface area contributed by atoms with Crippen LogP contribution in [0.4, 0.5) is 23.8 Å². The van der Waals surface area contributed by atoms with Gasteiger partial charge in [0.15, 0.2) is 5.69 Å². The molecule has 2 aliphatic heterocycles. The summed E-state index contributed by atoms with van der Waals surface area (Å²) in [5, 5.41) is 16.2. The van der Waals surface area contributed by atoms with Crippen molar-refractivity contribution in [3.05, 3.63) is 63.5 Å². The number of anilines is 1. The van der Waals surface area contributed by atoms with E-state index in [4.69, 9.17) is 0 Å². The van der Waals surface area contributed by atoms with Crippen molar-refractivity contribution in [2.24, 2.45) is 5.92 Å². The molecule has 4 aromatic rings. The molecule has 12 nitrogen and oxygen atoms in total. The monoisotopic (exact) mass is 712 g/mol.